The minimum atomic E-state index is -3.50. The molecule has 25 heavy (non-hydrogen) atoms. The molecule has 0 saturated carbocycles. The van der Waals surface area contributed by atoms with Crippen LogP contribution in [0.25, 0.3) is 0 Å². The molecule has 1 aromatic carbocycles. The molecule has 134 valence electrons. The molecule has 3 rings (SSSR count). The summed E-state index contributed by atoms with van der Waals surface area (Å²) in [6.45, 7) is 1.12. The van der Waals surface area contributed by atoms with E-state index in [4.69, 9.17) is 0 Å². The summed E-state index contributed by atoms with van der Waals surface area (Å²) in [6.07, 6.45) is 5.65. The van der Waals surface area contributed by atoms with Gasteiger partial charge in [-0.15, -0.1) is 0 Å². The van der Waals surface area contributed by atoms with Crippen LogP contribution in [-0.2, 0) is 17.1 Å². The first-order chi connectivity index (χ1) is 12.0. The van der Waals surface area contributed by atoms with Gasteiger partial charge in [0.05, 0.1) is 4.90 Å². The third kappa shape index (κ3) is 4.08. The fourth-order valence-corrected chi connectivity index (χ4v) is 4.40. The molecule has 1 fully saturated rings. The summed E-state index contributed by atoms with van der Waals surface area (Å²) in [5, 5.41) is 6.76. The van der Waals surface area contributed by atoms with Crippen molar-refractivity contribution in [2.75, 3.05) is 18.4 Å². The van der Waals surface area contributed by atoms with E-state index in [2.05, 4.69) is 10.4 Å². The van der Waals surface area contributed by atoms with Gasteiger partial charge in [0.2, 0.25) is 10.0 Å². The minimum absolute atomic E-state index is 0.226. The molecule has 0 radical (unpaired) electrons. The number of aryl methyl sites for hydroxylation is 1. The smallest absolute Gasteiger partial charge is 0.256 e. The van der Waals surface area contributed by atoms with Crippen molar-refractivity contribution < 1.29 is 13.2 Å². The van der Waals surface area contributed by atoms with Crippen molar-refractivity contribution in [2.45, 2.75) is 30.6 Å². The summed E-state index contributed by atoms with van der Waals surface area (Å²) >= 11 is 0. The Morgan fingerprint density at radius 1 is 1.04 bits per heavy atom. The fourth-order valence-electron chi connectivity index (χ4n) is 2.88. The summed E-state index contributed by atoms with van der Waals surface area (Å²) in [7, 11) is -1.74. The normalized spacial score (nSPS) is 16.4. The van der Waals surface area contributed by atoms with Gasteiger partial charge in [0.25, 0.3) is 5.91 Å². The molecule has 0 unspecified atom stereocenters. The van der Waals surface area contributed by atoms with E-state index in [0.717, 1.165) is 25.7 Å². The molecule has 1 aromatic heterocycles. The lowest BCUT2D eigenvalue weighted by molar-refractivity contribution is 0.102. The second-order valence-electron chi connectivity index (χ2n) is 6.17. The molecule has 0 aliphatic carbocycles. The summed E-state index contributed by atoms with van der Waals surface area (Å²) in [5.74, 6) is 0.131. The minimum Gasteiger partial charge on any atom is -0.305 e. The summed E-state index contributed by atoms with van der Waals surface area (Å²) in [5.41, 5.74) is 0.389. The van der Waals surface area contributed by atoms with Crippen molar-refractivity contribution in [3.63, 3.8) is 0 Å². The number of amides is 1. The van der Waals surface area contributed by atoms with Crippen LogP contribution in [0.5, 0.6) is 0 Å². The van der Waals surface area contributed by atoms with Crippen molar-refractivity contribution in [1.29, 1.82) is 0 Å². The highest BCUT2D eigenvalue weighted by atomic mass is 32.2. The van der Waals surface area contributed by atoms with E-state index in [1.807, 2.05) is 0 Å². The van der Waals surface area contributed by atoms with Gasteiger partial charge in [-0.1, -0.05) is 12.8 Å². The monoisotopic (exact) mass is 362 g/mol. The maximum atomic E-state index is 12.7. The van der Waals surface area contributed by atoms with E-state index in [1.54, 1.807) is 28.3 Å². The molecular formula is C17H22N4O3S. The Hall–Kier alpha value is -2.19. The highest BCUT2D eigenvalue weighted by Gasteiger charge is 2.25. The lowest BCUT2D eigenvalue weighted by atomic mass is 10.2. The van der Waals surface area contributed by atoms with Gasteiger partial charge in [0.15, 0.2) is 5.82 Å². The zero-order chi connectivity index (χ0) is 17.9. The van der Waals surface area contributed by atoms with Crippen molar-refractivity contribution in [1.82, 2.24) is 14.1 Å². The number of benzene rings is 1. The van der Waals surface area contributed by atoms with Crippen LogP contribution in [0, 0.1) is 0 Å². The molecule has 2 aromatic rings. The molecule has 1 aliphatic heterocycles. The standard InChI is InChI=1S/C17H22N4O3S/c1-20-13-10-16(19-20)18-17(22)14-6-8-15(9-7-14)25(23,24)21-11-4-2-3-5-12-21/h6-10,13H,2-5,11-12H2,1H3,(H,18,19,22). The number of aromatic nitrogens is 2. The molecule has 1 N–H and O–H groups in total. The van der Waals surface area contributed by atoms with Gasteiger partial charge in [0.1, 0.15) is 0 Å². The Morgan fingerprint density at radius 3 is 2.24 bits per heavy atom. The molecule has 0 bridgehead atoms. The van der Waals surface area contributed by atoms with Gasteiger partial charge < -0.3 is 5.32 Å². The van der Waals surface area contributed by atoms with Crippen LogP contribution in [0.4, 0.5) is 5.82 Å². The molecule has 0 spiro atoms. The molecule has 8 heteroatoms. The first-order valence-electron chi connectivity index (χ1n) is 8.38. The van der Waals surface area contributed by atoms with Gasteiger partial charge in [-0.05, 0) is 37.1 Å². The number of anilines is 1. The van der Waals surface area contributed by atoms with E-state index in [0.29, 0.717) is 24.5 Å². The highest BCUT2D eigenvalue weighted by Crippen LogP contribution is 2.21. The predicted molar refractivity (Wildman–Crippen MR) is 94.8 cm³/mol. The number of sulfonamides is 1. The van der Waals surface area contributed by atoms with Crippen molar-refractivity contribution >= 4 is 21.7 Å². The van der Waals surface area contributed by atoms with Crippen LogP contribution in [0.15, 0.2) is 41.4 Å². The van der Waals surface area contributed by atoms with E-state index in [-0.39, 0.29) is 10.8 Å². The molecule has 7 nitrogen and oxygen atoms in total. The largest absolute Gasteiger partial charge is 0.305 e. The zero-order valence-corrected chi connectivity index (χ0v) is 15.0. The molecule has 1 aliphatic rings. The maximum absolute atomic E-state index is 12.7. The zero-order valence-electron chi connectivity index (χ0n) is 14.2. The van der Waals surface area contributed by atoms with E-state index >= 15 is 0 Å². The first-order valence-corrected chi connectivity index (χ1v) is 9.82. The third-order valence-corrected chi connectivity index (χ3v) is 6.19. The first kappa shape index (κ1) is 17.6. The van der Waals surface area contributed by atoms with Crippen LogP contribution in [0.3, 0.4) is 0 Å². The number of nitrogens with zero attached hydrogens (tertiary/aromatic N) is 3. The number of carbonyl (C=O) groups is 1. The summed E-state index contributed by atoms with van der Waals surface area (Å²) in [6, 6.07) is 7.74. The van der Waals surface area contributed by atoms with Crippen LogP contribution in [0.1, 0.15) is 36.0 Å². The Bertz CT molecular complexity index is 835. The molecule has 0 atom stereocenters. The topological polar surface area (TPSA) is 84.3 Å². The number of hydrogen-bond acceptors (Lipinski definition) is 4. The Labute approximate surface area is 147 Å². The summed E-state index contributed by atoms with van der Waals surface area (Å²) in [4.78, 5) is 12.4. The van der Waals surface area contributed by atoms with Gasteiger partial charge in [-0.3, -0.25) is 9.48 Å². The van der Waals surface area contributed by atoms with Crippen molar-refractivity contribution in [2.24, 2.45) is 7.05 Å². The lowest BCUT2D eigenvalue weighted by Gasteiger charge is -2.20. The molecule has 2 heterocycles. The van der Waals surface area contributed by atoms with Gasteiger partial charge in [-0.2, -0.15) is 9.40 Å². The Morgan fingerprint density at radius 2 is 1.68 bits per heavy atom. The van der Waals surface area contributed by atoms with Crippen molar-refractivity contribution in [3.05, 3.63) is 42.1 Å². The van der Waals surface area contributed by atoms with Crippen LogP contribution in [-0.4, -0.2) is 41.5 Å². The van der Waals surface area contributed by atoms with Gasteiger partial charge in [0, 0.05) is 38.0 Å². The Balaban J connectivity index is 1.73. The highest BCUT2D eigenvalue weighted by molar-refractivity contribution is 7.89. The number of nitrogens with one attached hydrogen (secondary N) is 1. The molecule has 1 saturated heterocycles. The number of rotatable bonds is 4. The van der Waals surface area contributed by atoms with E-state index in [9.17, 15) is 13.2 Å². The van der Waals surface area contributed by atoms with Gasteiger partial charge in [-0.25, -0.2) is 8.42 Å². The average Bonchev–Trinajstić information content (AvgIpc) is 2.85. The predicted octanol–water partition coefficient (Wildman–Crippen LogP) is 2.24. The fraction of sp³-hybridized carbons (Fsp3) is 0.412. The third-order valence-electron chi connectivity index (χ3n) is 4.27. The molecular weight excluding hydrogens is 340 g/mol. The number of hydrogen-bond donors (Lipinski definition) is 1. The van der Waals surface area contributed by atoms with E-state index < -0.39 is 10.0 Å². The lowest BCUT2D eigenvalue weighted by Crippen LogP contribution is -2.31. The SMILES string of the molecule is Cn1ccc(NC(=O)c2ccc(S(=O)(=O)N3CCCCCC3)cc2)n1. The second-order valence-corrected chi connectivity index (χ2v) is 8.11. The second kappa shape index (κ2) is 7.37. The van der Waals surface area contributed by atoms with Crippen LogP contribution >= 0.6 is 0 Å². The summed E-state index contributed by atoms with van der Waals surface area (Å²) < 4.78 is 28.6. The van der Waals surface area contributed by atoms with Gasteiger partial charge >= 0.3 is 0 Å². The van der Waals surface area contributed by atoms with Crippen LogP contribution in [0.2, 0.25) is 0 Å². The Kier molecular flexibility index (Phi) is 5.19. The number of carbonyl (C=O) groups excluding carboxylic acids is 1. The van der Waals surface area contributed by atoms with Crippen molar-refractivity contribution in [3.8, 4) is 0 Å². The quantitative estimate of drug-likeness (QED) is 0.904. The maximum Gasteiger partial charge on any atom is 0.256 e. The average molecular weight is 362 g/mol. The molecule has 1 amide bonds. The van der Waals surface area contributed by atoms with E-state index in [1.165, 1.54) is 24.3 Å². The van der Waals surface area contributed by atoms with Crippen LogP contribution < -0.4 is 5.32 Å².